The van der Waals surface area contributed by atoms with Gasteiger partial charge < -0.3 is 15.0 Å². The van der Waals surface area contributed by atoms with Crippen molar-refractivity contribution in [3.63, 3.8) is 0 Å². The van der Waals surface area contributed by atoms with Gasteiger partial charge in [-0.3, -0.25) is 19.6 Å². The van der Waals surface area contributed by atoms with Crippen molar-refractivity contribution < 1.29 is 14.3 Å². The number of carbonyl (C=O) groups is 2. The molecular weight excluding hydrogens is 380 g/mol. The summed E-state index contributed by atoms with van der Waals surface area (Å²) >= 11 is 0. The van der Waals surface area contributed by atoms with Crippen molar-refractivity contribution in [2.24, 2.45) is 0 Å². The fourth-order valence-corrected chi connectivity index (χ4v) is 3.72. The summed E-state index contributed by atoms with van der Waals surface area (Å²) in [6.07, 6.45) is 4.93. The molecule has 0 atom stereocenters. The minimum atomic E-state index is -0.215. The summed E-state index contributed by atoms with van der Waals surface area (Å²) < 4.78 is 5.42. The maximum atomic E-state index is 13.0. The van der Waals surface area contributed by atoms with Gasteiger partial charge in [0.05, 0.1) is 24.2 Å². The first-order valence-corrected chi connectivity index (χ1v) is 9.94. The Morgan fingerprint density at radius 1 is 1.13 bits per heavy atom. The number of hydrogen-bond acceptors (Lipinski definition) is 5. The van der Waals surface area contributed by atoms with Crippen molar-refractivity contribution in [3.05, 3.63) is 65.6 Å². The number of aromatic nitrogens is 2. The monoisotopic (exact) mass is 404 g/mol. The van der Waals surface area contributed by atoms with Gasteiger partial charge in [-0.15, -0.1) is 0 Å². The van der Waals surface area contributed by atoms with E-state index in [-0.39, 0.29) is 23.8 Å². The second-order valence-corrected chi connectivity index (χ2v) is 7.74. The molecular formula is C23H24N4O3. The molecule has 1 saturated heterocycles. The summed E-state index contributed by atoms with van der Waals surface area (Å²) in [5.41, 5.74) is 2.85. The van der Waals surface area contributed by atoms with E-state index >= 15 is 0 Å². The molecule has 1 aliphatic rings. The molecule has 0 bridgehead atoms. The van der Waals surface area contributed by atoms with E-state index in [1.54, 1.807) is 48.8 Å². The van der Waals surface area contributed by atoms with E-state index in [2.05, 4.69) is 29.1 Å². The molecule has 1 aromatic carbocycles. The van der Waals surface area contributed by atoms with Gasteiger partial charge in [0, 0.05) is 42.6 Å². The molecule has 0 aliphatic carbocycles. The normalized spacial score (nSPS) is 13.9. The van der Waals surface area contributed by atoms with Crippen LogP contribution in [-0.2, 0) is 0 Å². The standard InChI is InChI=1S/C23H24N4O3/c1-14(2)18-6-9-25-21-19(18)10-17(30-3)11-20(21)22(28)26-16-12-27(13-16)23(29)15-4-7-24-8-5-15/h4-11,14,16H,12-13H2,1-3H3,(H,26,28). The highest BCUT2D eigenvalue weighted by Gasteiger charge is 2.33. The molecule has 0 spiro atoms. The quantitative estimate of drug-likeness (QED) is 0.707. The maximum Gasteiger partial charge on any atom is 0.254 e. The Morgan fingerprint density at radius 3 is 2.53 bits per heavy atom. The SMILES string of the molecule is COc1cc(C(=O)NC2CN(C(=O)c3ccncc3)C2)c2nccc(C(C)C)c2c1. The van der Waals surface area contributed by atoms with E-state index in [9.17, 15) is 9.59 Å². The highest BCUT2D eigenvalue weighted by atomic mass is 16.5. The number of likely N-dealkylation sites (tertiary alicyclic amines) is 1. The lowest BCUT2D eigenvalue weighted by Crippen LogP contribution is -2.61. The molecule has 2 aromatic heterocycles. The Hall–Kier alpha value is -3.48. The summed E-state index contributed by atoms with van der Waals surface area (Å²) in [6, 6.07) is 8.89. The molecule has 1 N–H and O–H groups in total. The van der Waals surface area contributed by atoms with Gasteiger partial charge in [0.1, 0.15) is 5.75 Å². The third kappa shape index (κ3) is 3.70. The lowest BCUT2D eigenvalue weighted by molar-refractivity contribution is 0.0542. The van der Waals surface area contributed by atoms with Gasteiger partial charge in [0.25, 0.3) is 11.8 Å². The topological polar surface area (TPSA) is 84.4 Å². The summed E-state index contributed by atoms with van der Waals surface area (Å²) in [5, 5.41) is 3.94. The molecule has 4 rings (SSSR count). The number of ether oxygens (including phenoxy) is 1. The average Bonchev–Trinajstić information content (AvgIpc) is 2.74. The van der Waals surface area contributed by atoms with Crippen LogP contribution in [0.2, 0.25) is 0 Å². The molecule has 30 heavy (non-hydrogen) atoms. The minimum Gasteiger partial charge on any atom is -0.497 e. The van der Waals surface area contributed by atoms with Gasteiger partial charge in [-0.2, -0.15) is 0 Å². The lowest BCUT2D eigenvalue weighted by Gasteiger charge is -2.39. The van der Waals surface area contributed by atoms with Crippen molar-refractivity contribution in [2.45, 2.75) is 25.8 Å². The number of carbonyl (C=O) groups excluding carboxylic acids is 2. The Morgan fingerprint density at radius 2 is 1.87 bits per heavy atom. The Labute approximate surface area is 175 Å². The first-order valence-electron chi connectivity index (χ1n) is 9.94. The highest BCUT2D eigenvalue weighted by Crippen LogP contribution is 2.30. The Kier molecular flexibility index (Phi) is 5.35. The predicted molar refractivity (Wildman–Crippen MR) is 114 cm³/mol. The van der Waals surface area contributed by atoms with Gasteiger partial charge in [-0.1, -0.05) is 13.8 Å². The zero-order valence-corrected chi connectivity index (χ0v) is 17.3. The highest BCUT2D eigenvalue weighted by molar-refractivity contribution is 6.07. The van der Waals surface area contributed by atoms with Crippen LogP contribution in [0.4, 0.5) is 0 Å². The summed E-state index contributed by atoms with van der Waals surface area (Å²) in [7, 11) is 1.59. The Bertz CT molecular complexity index is 1090. The van der Waals surface area contributed by atoms with Crippen LogP contribution < -0.4 is 10.1 Å². The van der Waals surface area contributed by atoms with E-state index in [1.807, 2.05) is 12.1 Å². The number of nitrogens with one attached hydrogen (secondary N) is 1. The number of pyridine rings is 2. The average molecular weight is 404 g/mol. The smallest absolute Gasteiger partial charge is 0.254 e. The van der Waals surface area contributed by atoms with Crippen LogP contribution >= 0.6 is 0 Å². The van der Waals surface area contributed by atoms with Crippen molar-refractivity contribution in [1.29, 1.82) is 0 Å². The number of benzene rings is 1. The molecule has 0 unspecified atom stereocenters. The molecule has 0 saturated carbocycles. The molecule has 3 aromatic rings. The third-order valence-corrected chi connectivity index (χ3v) is 5.39. The molecule has 7 nitrogen and oxygen atoms in total. The van der Waals surface area contributed by atoms with E-state index in [4.69, 9.17) is 4.74 Å². The van der Waals surface area contributed by atoms with Crippen molar-refractivity contribution in [1.82, 2.24) is 20.2 Å². The van der Waals surface area contributed by atoms with Gasteiger partial charge in [0.15, 0.2) is 0 Å². The second kappa shape index (κ2) is 8.10. The van der Waals surface area contributed by atoms with E-state index in [0.29, 0.717) is 35.5 Å². The molecule has 1 fully saturated rings. The molecule has 7 heteroatoms. The third-order valence-electron chi connectivity index (χ3n) is 5.39. The zero-order valence-electron chi connectivity index (χ0n) is 17.3. The summed E-state index contributed by atoms with van der Waals surface area (Å²) in [4.78, 5) is 35.6. The molecule has 0 radical (unpaired) electrons. The van der Waals surface area contributed by atoms with Crippen molar-refractivity contribution in [2.75, 3.05) is 20.2 Å². The van der Waals surface area contributed by atoms with Gasteiger partial charge in [-0.05, 0) is 41.8 Å². The first-order chi connectivity index (χ1) is 14.5. The van der Waals surface area contributed by atoms with Crippen LogP contribution in [0.3, 0.4) is 0 Å². The van der Waals surface area contributed by atoms with Crippen LogP contribution in [0, 0.1) is 0 Å². The van der Waals surface area contributed by atoms with Gasteiger partial charge in [0.2, 0.25) is 0 Å². The van der Waals surface area contributed by atoms with Crippen LogP contribution in [0.5, 0.6) is 5.75 Å². The van der Waals surface area contributed by atoms with Crippen LogP contribution in [-0.4, -0.2) is 52.9 Å². The fourth-order valence-electron chi connectivity index (χ4n) is 3.72. The Balaban J connectivity index is 1.52. The number of hydrogen-bond donors (Lipinski definition) is 1. The molecule has 2 amide bonds. The van der Waals surface area contributed by atoms with E-state index in [0.717, 1.165) is 10.9 Å². The molecule has 3 heterocycles. The molecule has 154 valence electrons. The van der Waals surface area contributed by atoms with E-state index < -0.39 is 0 Å². The number of nitrogens with zero attached hydrogens (tertiary/aromatic N) is 3. The second-order valence-electron chi connectivity index (χ2n) is 7.74. The van der Waals surface area contributed by atoms with Crippen LogP contribution in [0.1, 0.15) is 46.0 Å². The minimum absolute atomic E-state index is 0.0574. The fraction of sp³-hybridized carbons (Fsp3) is 0.304. The predicted octanol–water partition coefficient (Wildman–Crippen LogP) is 3.02. The zero-order chi connectivity index (χ0) is 21.3. The maximum absolute atomic E-state index is 13.0. The van der Waals surface area contributed by atoms with Crippen LogP contribution in [0.25, 0.3) is 10.9 Å². The number of fused-ring (bicyclic) bond motifs is 1. The number of methoxy groups -OCH3 is 1. The molecule has 1 aliphatic heterocycles. The largest absolute Gasteiger partial charge is 0.497 e. The van der Waals surface area contributed by atoms with Crippen LogP contribution in [0.15, 0.2) is 48.9 Å². The summed E-state index contributed by atoms with van der Waals surface area (Å²) in [6.45, 7) is 5.16. The summed E-state index contributed by atoms with van der Waals surface area (Å²) in [5.74, 6) is 0.634. The number of rotatable bonds is 5. The number of amides is 2. The van der Waals surface area contributed by atoms with Gasteiger partial charge >= 0.3 is 0 Å². The van der Waals surface area contributed by atoms with Crippen molar-refractivity contribution in [3.8, 4) is 5.75 Å². The van der Waals surface area contributed by atoms with E-state index in [1.165, 1.54) is 0 Å². The lowest BCUT2D eigenvalue weighted by atomic mass is 9.96. The first kappa shape index (κ1) is 19.8. The van der Waals surface area contributed by atoms with Gasteiger partial charge in [-0.25, -0.2) is 0 Å². The van der Waals surface area contributed by atoms with Crippen molar-refractivity contribution >= 4 is 22.7 Å².